The van der Waals surface area contributed by atoms with Crippen LogP contribution >= 0.6 is 11.3 Å². The zero-order valence-corrected chi connectivity index (χ0v) is 16.3. The van der Waals surface area contributed by atoms with Gasteiger partial charge in [0.05, 0.1) is 17.7 Å². The predicted octanol–water partition coefficient (Wildman–Crippen LogP) is 3.79. The van der Waals surface area contributed by atoms with Crippen LogP contribution in [0.4, 0.5) is 5.00 Å². The van der Waals surface area contributed by atoms with E-state index in [1.165, 1.54) is 41.7 Å². The number of aromatic carboxylic acids is 1. The molecule has 7 nitrogen and oxygen atoms in total. The van der Waals surface area contributed by atoms with Gasteiger partial charge in [-0.1, -0.05) is 12.1 Å². The molecule has 0 spiro atoms. The van der Waals surface area contributed by atoms with Crippen LogP contribution in [0.25, 0.3) is 6.08 Å². The molecule has 0 aliphatic heterocycles. The predicted molar refractivity (Wildman–Crippen MR) is 105 cm³/mol. The van der Waals surface area contributed by atoms with Crippen LogP contribution in [0.15, 0.2) is 29.8 Å². The summed E-state index contributed by atoms with van der Waals surface area (Å²) in [5.74, 6) is -2.27. The minimum Gasteiger partial charge on any atom is -0.478 e. The second kappa shape index (κ2) is 8.97. The average Bonchev–Trinajstić information content (AvgIpc) is 2.93. The van der Waals surface area contributed by atoms with Gasteiger partial charge in [-0.15, -0.1) is 11.3 Å². The van der Waals surface area contributed by atoms with E-state index in [9.17, 15) is 19.6 Å². The van der Waals surface area contributed by atoms with E-state index in [-0.39, 0.29) is 23.3 Å². The van der Waals surface area contributed by atoms with Gasteiger partial charge in [0.25, 0.3) is 5.91 Å². The molecule has 0 fully saturated rings. The SMILES string of the molecule is CCOC(=O)c1c(NC(=O)/C(C#N)=C/c2ccc(C(=O)O)cc2)sc(C)c1C. The highest BCUT2D eigenvalue weighted by Crippen LogP contribution is 2.33. The molecule has 2 N–H and O–H groups in total. The summed E-state index contributed by atoms with van der Waals surface area (Å²) in [6.07, 6.45) is 1.35. The van der Waals surface area contributed by atoms with Crippen molar-refractivity contribution in [1.29, 1.82) is 5.26 Å². The number of thiophene rings is 1. The number of rotatable bonds is 6. The summed E-state index contributed by atoms with van der Waals surface area (Å²) in [7, 11) is 0. The number of amides is 1. The van der Waals surface area contributed by atoms with E-state index in [0.29, 0.717) is 16.1 Å². The number of carboxylic acid groups (broad SMARTS) is 1. The van der Waals surface area contributed by atoms with Gasteiger partial charge in [-0.3, -0.25) is 4.79 Å². The Morgan fingerprint density at radius 2 is 1.89 bits per heavy atom. The van der Waals surface area contributed by atoms with Crippen molar-refractivity contribution in [3.8, 4) is 6.07 Å². The lowest BCUT2D eigenvalue weighted by molar-refractivity contribution is -0.112. The number of carbonyl (C=O) groups is 3. The molecular formula is C20H18N2O5S. The Bertz CT molecular complexity index is 997. The van der Waals surface area contributed by atoms with Crippen molar-refractivity contribution in [2.75, 3.05) is 11.9 Å². The maximum absolute atomic E-state index is 12.5. The first-order valence-electron chi connectivity index (χ1n) is 8.32. The van der Waals surface area contributed by atoms with Crippen molar-refractivity contribution >= 4 is 40.3 Å². The molecular weight excluding hydrogens is 380 g/mol. The highest BCUT2D eigenvalue weighted by atomic mass is 32.1. The van der Waals surface area contributed by atoms with Gasteiger partial charge >= 0.3 is 11.9 Å². The van der Waals surface area contributed by atoms with Crippen LogP contribution in [0.3, 0.4) is 0 Å². The first-order valence-corrected chi connectivity index (χ1v) is 9.13. The van der Waals surface area contributed by atoms with Gasteiger partial charge in [0, 0.05) is 4.88 Å². The number of nitrogens with one attached hydrogen (secondary N) is 1. The van der Waals surface area contributed by atoms with Gasteiger partial charge in [-0.2, -0.15) is 5.26 Å². The Morgan fingerprint density at radius 3 is 2.43 bits per heavy atom. The monoisotopic (exact) mass is 398 g/mol. The molecule has 0 aliphatic carbocycles. The number of anilines is 1. The summed E-state index contributed by atoms with van der Waals surface area (Å²) in [6.45, 7) is 5.48. The molecule has 0 atom stereocenters. The molecule has 0 radical (unpaired) electrons. The van der Waals surface area contributed by atoms with Gasteiger partial charge in [-0.25, -0.2) is 9.59 Å². The summed E-state index contributed by atoms with van der Waals surface area (Å²) >= 11 is 1.23. The highest BCUT2D eigenvalue weighted by molar-refractivity contribution is 7.16. The van der Waals surface area contributed by atoms with E-state index >= 15 is 0 Å². The minimum atomic E-state index is -1.07. The third-order valence-electron chi connectivity index (χ3n) is 3.93. The maximum Gasteiger partial charge on any atom is 0.341 e. The molecule has 8 heteroatoms. The number of carboxylic acids is 1. The molecule has 0 saturated heterocycles. The first-order chi connectivity index (χ1) is 13.3. The molecule has 2 rings (SSSR count). The molecule has 0 saturated carbocycles. The molecule has 1 amide bonds. The lowest BCUT2D eigenvalue weighted by atomic mass is 10.1. The average molecular weight is 398 g/mol. The lowest BCUT2D eigenvalue weighted by Gasteiger charge is -2.07. The second-order valence-electron chi connectivity index (χ2n) is 5.76. The topological polar surface area (TPSA) is 116 Å². The van der Waals surface area contributed by atoms with Crippen molar-refractivity contribution in [2.24, 2.45) is 0 Å². The van der Waals surface area contributed by atoms with E-state index in [0.717, 1.165) is 4.88 Å². The lowest BCUT2D eigenvalue weighted by Crippen LogP contribution is -2.16. The van der Waals surface area contributed by atoms with Crippen molar-refractivity contribution in [3.63, 3.8) is 0 Å². The third kappa shape index (κ3) is 4.64. The molecule has 28 heavy (non-hydrogen) atoms. The van der Waals surface area contributed by atoms with Crippen LogP contribution in [0.5, 0.6) is 0 Å². The normalized spacial score (nSPS) is 10.9. The molecule has 0 bridgehead atoms. The summed E-state index contributed by atoms with van der Waals surface area (Å²) in [5, 5.41) is 21.2. The summed E-state index contributed by atoms with van der Waals surface area (Å²) in [6, 6.07) is 7.58. The van der Waals surface area contributed by atoms with Gasteiger partial charge < -0.3 is 15.2 Å². The number of nitrogens with zero attached hydrogens (tertiary/aromatic N) is 1. The van der Waals surface area contributed by atoms with Crippen LogP contribution in [0.2, 0.25) is 0 Å². The number of esters is 1. The molecule has 144 valence electrons. The fourth-order valence-electron chi connectivity index (χ4n) is 2.37. The first kappa shape index (κ1) is 20.9. The molecule has 1 heterocycles. The number of benzene rings is 1. The van der Waals surface area contributed by atoms with E-state index < -0.39 is 17.8 Å². The minimum absolute atomic E-state index is 0.101. The van der Waals surface area contributed by atoms with Gasteiger partial charge in [0.2, 0.25) is 0 Å². The van der Waals surface area contributed by atoms with Crippen molar-refractivity contribution in [3.05, 3.63) is 57.0 Å². The summed E-state index contributed by atoms with van der Waals surface area (Å²) in [5.41, 5.74) is 1.41. The Morgan fingerprint density at radius 1 is 1.25 bits per heavy atom. The fourth-order valence-corrected chi connectivity index (χ4v) is 3.42. The maximum atomic E-state index is 12.5. The Kier molecular flexibility index (Phi) is 6.69. The van der Waals surface area contributed by atoms with E-state index in [2.05, 4.69) is 5.32 Å². The van der Waals surface area contributed by atoms with Crippen LogP contribution in [0.1, 0.15) is 43.6 Å². The van der Waals surface area contributed by atoms with E-state index in [4.69, 9.17) is 9.84 Å². The molecule has 1 aromatic carbocycles. The second-order valence-corrected chi connectivity index (χ2v) is 6.98. The Hall–Kier alpha value is -3.44. The fraction of sp³-hybridized carbons (Fsp3) is 0.200. The van der Waals surface area contributed by atoms with Crippen molar-refractivity contribution in [2.45, 2.75) is 20.8 Å². The smallest absolute Gasteiger partial charge is 0.341 e. The van der Waals surface area contributed by atoms with Crippen LogP contribution in [0, 0.1) is 25.2 Å². The van der Waals surface area contributed by atoms with Crippen LogP contribution in [-0.4, -0.2) is 29.6 Å². The molecule has 0 unspecified atom stereocenters. The number of carbonyl (C=O) groups excluding carboxylic acids is 2. The zero-order chi connectivity index (χ0) is 20.8. The standard InChI is InChI=1S/C20H18N2O5S/c1-4-27-20(26)16-11(2)12(3)28-18(16)22-17(23)15(10-21)9-13-5-7-14(8-6-13)19(24)25/h5-9H,4H2,1-3H3,(H,22,23)(H,24,25)/b15-9+. The van der Waals surface area contributed by atoms with Crippen LogP contribution < -0.4 is 5.32 Å². The number of ether oxygens (including phenoxy) is 1. The number of hydrogen-bond acceptors (Lipinski definition) is 6. The van der Waals surface area contributed by atoms with Crippen LogP contribution in [-0.2, 0) is 9.53 Å². The highest BCUT2D eigenvalue weighted by Gasteiger charge is 2.23. The number of aryl methyl sites for hydroxylation is 1. The Balaban J connectivity index is 2.30. The third-order valence-corrected chi connectivity index (χ3v) is 5.05. The van der Waals surface area contributed by atoms with Gasteiger partial charge in [0.15, 0.2) is 0 Å². The summed E-state index contributed by atoms with van der Waals surface area (Å²) in [4.78, 5) is 36.5. The zero-order valence-electron chi connectivity index (χ0n) is 15.5. The van der Waals surface area contributed by atoms with Gasteiger partial charge in [-0.05, 0) is 50.1 Å². The van der Waals surface area contributed by atoms with E-state index in [1.807, 2.05) is 13.0 Å². The molecule has 0 aliphatic rings. The van der Waals surface area contributed by atoms with E-state index in [1.54, 1.807) is 13.8 Å². The van der Waals surface area contributed by atoms with Gasteiger partial charge in [0.1, 0.15) is 16.6 Å². The molecule has 2 aromatic rings. The Labute approximate surface area is 165 Å². The largest absolute Gasteiger partial charge is 0.478 e. The quantitative estimate of drug-likeness (QED) is 0.434. The van der Waals surface area contributed by atoms with Crippen molar-refractivity contribution < 1.29 is 24.2 Å². The molecule has 1 aromatic heterocycles. The number of hydrogen-bond donors (Lipinski definition) is 2. The summed E-state index contributed by atoms with van der Waals surface area (Å²) < 4.78 is 5.05. The van der Waals surface area contributed by atoms with Crippen molar-refractivity contribution in [1.82, 2.24) is 0 Å². The number of nitriles is 1.